The number of rotatable bonds is 5. The Morgan fingerprint density at radius 3 is 2.64 bits per heavy atom. The SMILES string of the molecule is C#CCOc1ccc2ccccc2c1/C=C1\SC(=Nc2ccc(C(=O)OC)cc2)N(C)C1=O. The first-order chi connectivity index (χ1) is 16.0. The summed E-state index contributed by atoms with van der Waals surface area (Å²) in [5, 5.41) is 2.52. The highest BCUT2D eigenvalue weighted by Crippen LogP contribution is 2.37. The predicted octanol–water partition coefficient (Wildman–Crippen LogP) is 4.87. The summed E-state index contributed by atoms with van der Waals surface area (Å²) in [4.78, 5) is 31.2. The largest absolute Gasteiger partial charge is 0.480 e. The fraction of sp³-hybridized carbons (Fsp3) is 0.115. The maximum atomic E-state index is 13.0. The Morgan fingerprint density at radius 2 is 1.91 bits per heavy atom. The highest BCUT2D eigenvalue weighted by Gasteiger charge is 2.31. The van der Waals surface area contributed by atoms with Crippen LogP contribution in [0.4, 0.5) is 5.69 Å². The topological polar surface area (TPSA) is 68.2 Å². The number of hydrogen-bond acceptors (Lipinski definition) is 6. The zero-order chi connectivity index (χ0) is 23.4. The van der Waals surface area contributed by atoms with Crippen molar-refractivity contribution in [2.45, 2.75) is 0 Å². The summed E-state index contributed by atoms with van der Waals surface area (Å²) in [6, 6.07) is 18.4. The van der Waals surface area contributed by atoms with Crippen molar-refractivity contribution < 1.29 is 19.1 Å². The summed E-state index contributed by atoms with van der Waals surface area (Å²) in [6.45, 7) is 0.129. The molecule has 0 N–H and O–H groups in total. The van der Waals surface area contributed by atoms with Gasteiger partial charge in [-0.2, -0.15) is 0 Å². The van der Waals surface area contributed by atoms with Crippen LogP contribution < -0.4 is 4.74 Å². The number of esters is 1. The first-order valence-electron chi connectivity index (χ1n) is 10.0. The molecule has 1 aliphatic heterocycles. The predicted molar refractivity (Wildman–Crippen MR) is 131 cm³/mol. The molecule has 1 fully saturated rings. The third-order valence-corrected chi connectivity index (χ3v) is 6.09. The molecule has 3 aromatic carbocycles. The van der Waals surface area contributed by atoms with Crippen LogP contribution in [-0.4, -0.2) is 42.7 Å². The Morgan fingerprint density at radius 1 is 1.15 bits per heavy atom. The average molecular weight is 457 g/mol. The van der Waals surface area contributed by atoms with Crippen LogP contribution in [0.5, 0.6) is 5.75 Å². The van der Waals surface area contributed by atoms with E-state index < -0.39 is 5.97 Å². The van der Waals surface area contributed by atoms with Crippen molar-refractivity contribution in [3.8, 4) is 18.1 Å². The second kappa shape index (κ2) is 9.63. The second-order valence-electron chi connectivity index (χ2n) is 7.10. The number of fused-ring (bicyclic) bond motifs is 1. The number of ether oxygens (including phenoxy) is 2. The van der Waals surface area contributed by atoms with Gasteiger partial charge in [-0.15, -0.1) is 6.42 Å². The summed E-state index contributed by atoms with van der Waals surface area (Å²) in [5.41, 5.74) is 1.84. The first-order valence-corrected chi connectivity index (χ1v) is 10.9. The number of amides is 1. The van der Waals surface area contributed by atoms with Gasteiger partial charge in [0.15, 0.2) is 5.17 Å². The smallest absolute Gasteiger partial charge is 0.337 e. The van der Waals surface area contributed by atoms with Gasteiger partial charge in [0.05, 0.1) is 23.3 Å². The number of benzene rings is 3. The third kappa shape index (κ3) is 4.61. The van der Waals surface area contributed by atoms with E-state index in [1.54, 1.807) is 31.3 Å². The van der Waals surface area contributed by atoms with Gasteiger partial charge >= 0.3 is 5.97 Å². The van der Waals surface area contributed by atoms with E-state index in [1.807, 2.05) is 42.5 Å². The van der Waals surface area contributed by atoms with E-state index in [2.05, 4.69) is 10.9 Å². The van der Waals surface area contributed by atoms with Crippen LogP contribution in [0.2, 0.25) is 0 Å². The van der Waals surface area contributed by atoms with Gasteiger partial charge in [0.2, 0.25) is 0 Å². The Kier molecular flexibility index (Phi) is 6.48. The molecule has 3 aromatic rings. The van der Waals surface area contributed by atoms with Crippen LogP contribution in [0.3, 0.4) is 0 Å². The molecular weight excluding hydrogens is 436 g/mol. The van der Waals surface area contributed by atoms with Gasteiger partial charge in [0.1, 0.15) is 12.4 Å². The number of carbonyl (C=O) groups is 2. The summed E-state index contributed by atoms with van der Waals surface area (Å²) in [6.07, 6.45) is 7.19. The Bertz CT molecular complexity index is 1340. The van der Waals surface area contributed by atoms with E-state index in [0.29, 0.717) is 27.1 Å². The van der Waals surface area contributed by atoms with Crippen LogP contribution in [0.1, 0.15) is 15.9 Å². The van der Waals surface area contributed by atoms with Crippen molar-refractivity contribution in [2.75, 3.05) is 20.8 Å². The molecule has 0 aromatic heterocycles. The molecule has 0 radical (unpaired) electrons. The standard InChI is InChI=1S/C26H20N2O4S/c1-4-15-32-22-14-11-17-7-5-6-8-20(17)21(22)16-23-24(29)28(2)26(33-23)27-19-12-9-18(10-13-19)25(30)31-3/h1,5-14,16H,15H2,2-3H3/b23-16-,27-26?. The lowest BCUT2D eigenvalue weighted by atomic mass is 10.0. The van der Waals surface area contributed by atoms with Crippen molar-refractivity contribution in [3.63, 3.8) is 0 Å². The van der Waals surface area contributed by atoms with E-state index in [0.717, 1.165) is 16.3 Å². The van der Waals surface area contributed by atoms with Gasteiger partial charge in [0, 0.05) is 12.6 Å². The van der Waals surface area contributed by atoms with Gasteiger partial charge < -0.3 is 9.47 Å². The van der Waals surface area contributed by atoms with Crippen molar-refractivity contribution in [2.24, 2.45) is 4.99 Å². The zero-order valence-electron chi connectivity index (χ0n) is 18.1. The summed E-state index contributed by atoms with van der Waals surface area (Å²) >= 11 is 1.27. The highest BCUT2D eigenvalue weighted by atomic mass is 32.2. The van der Waals surface area contributed by atoms with Crippen molar-refractivity contribution in [1.29, 1.82) is 0 Å². The number of methoxy groups -OCH3 is 1. The number of aliphatic imine (C=N–C) groups is 1. The molecule has 1 aliphatic rings. The van der Waals surface area contributed by atoms with Crippen molar-refractivity contribution in [1.82, 2.24) is 4.90 Å². The van der Waals surface area contributed by atoms with Crippen molar-refractivity contribution >= 4 is 51.3 Å². The molecule has 0 spiro atoms. The fourth-order valence-electron chi connectivity index (χ4n) is 3.35. The van der Waals surface area contributed by atoms with Gasteiger partial charge in [-0.25, -0.2) is 9.79 Å². The lowest BCUT2D eigenvalue weighted by Crippen LogP contribution is -2.23. The molecule has 0 bridgehead atoms. The van der Waals surface area contributed by atoms with E-state index in [-0.39, 0.29) is 12.5 Å². The minimum absolute atomic E-state index is 0.129. The minimum atomic E-state index is -0.417. The molecule has 0 saturated carbocycles. The molecule has 4 rings (SSSR count). The number of likely N-dealkylation sites (N-methyl/N-ethyl adjacent to an activating group) is 1. The molecule has 7 heteroatoms. The number of carbonyl (C=O) groups excluding carboxylic acids is 2. The van der Waals surface area contributed by atoms with E-state index >= 15 is 0 Å². The number of terminal acetylenes is 1. The second-order valence-corrected chi connectivity index (χ2v) is 8.11. The summed E-state index contributed by atoms with van der Waals surface area (Å²) in [7, 11) is 3.01. The Balaban J connectivity index is 1.70. The van der Waals surface area contributed by atoms with E-state index in [9.17, 15) is 9.59 Å². The zero-order valence-corrected chi connectivity index (χ0v) is 18.9. The molecule has 6 nitrogen and oxygen atoms in total. The molecule has 1 saturated heterocycles. The third-order valence-electron chi connectivity index (χ3n) is 5.03. The van der Waals surface area contributed by atoms with Crippen LogP contribution >= 0.6 is 11.8 Å². The number of thioether (sulfide) groups is 1. The molecule has 33 heavy (non-hydrogen) atoms. The highest BCUT2D eigenvalue weighted by molar-refractivity contribution is 8.18. The van der Waals surface area contributed by atoms with Gasteiger partial charge in [-0.1, -0.05) is 36.3 Å². The van der Waals surface area contributed by atoms with E-state index in [1.165, 1.54) is 23.8 Å². The molecule has 0 unspecified atom stereocenters. The Hall–Kier alpha value is -4.02. The summed E-state index contributed by atoms with van der Waals surface area (Å²) in [5.74, 6) is 2.51. The molecule has 164 valence electrons. The monoisotopic (exact) mass is 456 g/mol. The average Bonchev–Trinajstić information content (AvgIpc) is 3.11. The molecule has 1 amide bonds. The number of amidine groups is 1. The lowest BCUT2D eigenvalue weighted by Gasteiger charge is -2.11. The molecule has 0 atom stereocenters. The fourth-order valence-corrected chi connectivity index (χ4v) is 4.32. The summed E-state index contributed by atoms with van der Waals surface area (Å²) < 4.78 is 10.5. The van der Waals surface area contributed by atoms with Crippen LogP contribution in [0, 0.1) is 12.3 Å². The van der Waals surface area contributed by atoms with Crippen LogP contribution in [0.15, 0.2) is 70.6 Å². The molecular formula is C26H20N2O4S. The number of hydrogen-bond donors (Lipinski definition) is 0. The lowest BCUT2D eigenvalue weighted by molar-refractivity contribution is -0.121. The molecule has 1 heterocycles. The van der Waals surface area contributed by atoms with Gasteiger partial charge in [-0.3, -0.25) is 9.69 Å². The maximum absolute atomic E-state index is 13.0. The molecule has 0 aliphatic carbocycles. The van der Waals surface area contributed by atoms with Gasteiger partial charge in [0.25, 0.3) is 5.91 Å². The van der Waals surface area contributed by atoms with Crippen LogP contribution in [-0.2, 0) is 9.53 Å². The van der Waals surface area contributed by atoms with Gasteiger partial charge in [-0.05, 0) is 58.9 Å². The minimum Gasteiger partial charge on any atom is -0.480 e. The Labute approximate surface area is 195 Å². The number of nitrogens with zero attached hydrogens (tertiary/aromatic N) is 2. The first kappa shape index (κ1) is 22.2. The maximum Gasteiger partial charge on any atom is 0.337 e. The van der Waals surface area contributed by atoms with E-state index in [4.69, 9.17) is 15.9 Å². The normalized spacial score (nSPS) is 15.8. The van der Waals surface area contributed by atoms with Crippen LogP contribution in [0.25, 0.3) is 16.8 Å². The quantitative estimate of drug-likeness (QED) is 0.311. The van der Waals surface area contributed by atoms with Crippen molar-refractivity contribution in [3.05, 3.63) is 76.7 Å².